The lowest BCUT2D eigenvalue weighted by atomic mass is 10.0. The summed E-state index contributed by atoms with van der Waals surface area (Å²) < 4.78 is 5.99. The molecule has 0 saturated heterocycles. The summed E-state index contributed by atoms with van der Waals surface area (Å²) in [5.41, 5.74) is 9.20. The molecule has 0 spiro atoms. The smallest absolute Gasteiger partial charge is 0.146 e. The second-order valence-electron chi connectivity index (χ2n) is 5.76. The molecule has 112 valence electrons. The zero-order valence-corrected chi connectivity index (χ0v) is 13.7. The second kappa shape index (κ2) is 6.50. The maximum atomic E-state index is 6.30. The van der Waals surface area contributed by atoms with Crippen LogP contribution in [0.15, 0.2) is 36.4 Å². The Labute approximate surface area is 131 Å². The Bertz CT molecular complexity index is 635. The molecule has 2 N–H and O–H groups in total. The van der Waals surface area contributed by atoms with Crippen molar-refractivity contribution < 1.29 is 4.74 Å². The molecule has 0 bridgehead atoms. The van der Waals surface area contributed by atoms with E-state index in [4.69, 9.17) is 22.1 Å². The van der Waals surface area contributed by atoms with E-state index in [0.717, 1.165) is 16.9 Å². The molecule has 0 amide bonds. The molecule has 2 rings (SSSR count). The standard InChI is InChI=1S/C18H22ClNO/c1-11(2)14-6-5-12(3)18(10-14)21-17-8-7-15(13(4)20)9-16(17)19/h5-11,13H,20H2,1-4H3/t13-/m0/s1. The molecule has 21 heavy (non-hydrogen) atoms. The van der Waals surface area contributed by atoms with Gasteiger partial charge in [0.1, 0.15) is 11.5 Å². The number of benzene rings is 2. The van der Waals surface area contributed by atoms with Crippen LogP contribution in [-0.4, -0.2) is 0 Å². The third kappa shape index (κ3) is 3.78. The first-order chi connectivity index (χ1) is 9.88. The quantitative estimate of drug-likeness (QED) is 0.799. The normalized spacial score (nSPS) is 12.5. The van der Waals surface area contributed by atoms with E-state index in [9.17, 15) is 0 Å². The molecule has 0 aliphatic heterocycles. The molecule has 0 heterocycles. The molecule has 0 radical (unpaired) electrons. The van der Waals surface area contributed by atoms with Gasteiger partial charge in [-0.3, -0.25) is 0 Å². The highest BCUT2D eigenvalue weighted by atomic mass is 35.5. The van der Waals surface area contributed by atoms with Crippen molar-refractivity contribution in [3.63, 3.8) is 0 Å². The van der Waals surface area contributed by atoms with Crippen molar-refractivity contribution in [2.45, 2.75) is 39.7 Å². The first kappa shape index (κ1) is 15.9. The van der Waals surface area contributed by atoms with Gasteiger partial charge in [0.15, 0.2) is 0 Å². The fraction of sp³-hybridized carbons (Fsp3) is 0.333. The molecule has 0 saturated carbocycles. The molecule has 0 aliphatic carbocycles. The van der Waals surface area contributed by atoms with Crippen LogP contribution < -0.4 is 10.5 Å². The van der Waals surface area contributed by atoms with Crippen molar-refractivity contribution in [1.29, 1.82) is 0 Å². The summed E-state index contributed by atoms with van der Waals surface area (Å²) in [5.74, 6) is 1.96. The number of hydrogen-bond acceptors (Lipinski definition) is 2. The number of aryl methyl sites for hydroxylation is 1. The Balaban J connectivity index is 2.32. The molecular weight excluding hydrogens is 282 g/mol. The third-order valence-corrected chi connectivity index (χ3v) is 3.88. The lowest BCUT2D eigenvalue weighted by Crippen LogP contribution is -2.04. The van der Waals surface area contributed by atoms with Gasteiger partial charge in [-0.05, 0) is 54.7 Å². The average molecular weight is 304 g/mol. The molecule has 2 aromatic rings. The summed E-state index contributed by atoms with van der Waals surface area (Å²) >= 11 is 6.30. The van der Waals surface area contributed by atoms with E-state index in [1.807, 2.05) is 32.0 Å². The fourth-order valence-corrected chi connectivity index (χ4v) is 2.31. The number of nitrogens with two attached hydrogens (primary N) is 1. The van der Waals surface area contributed by atoms with Gasteiger partial charge in [0, 0.05) is 6.04 Å². The fourth-order valence-electron chi connectivity index (χ4n) is 2.09. The monoisotopic (exact) mass is 303 g/mol. The van der Waals surface area contributed by atoms with Gasteiger partial charge in [-0.2, -0.15) is 0 Å². The molecule has 2 aromatic carbocycles. The van der Waals surface area contributed by atoms with E-state index >= 15 is 0 Å². The van der Waals surface area contributed by atoms with Gasteiger partial charge < -0.3 is 10.5 Å². The van der Waals surface area contributed by atoms with Crippen molar-refractivity contribution >= 4 is 11.6 Å². The summed E-state index contributed by atoms with van der Waals surface area (Å²) in [7, 11) is 0. The lowest BCUT2D eigenvalue weighted by Gasteiger charge is -2.14. The maximum absolute atomic E-state index is 6.30. The first-order valence-electron chi connectivity index (χ1n) is 7.22. The summed E-state index contributed by atoms with van der Waals surface area (Å²) in [4.78, 5) is 0. The van der Waals surface area contributed by atoms with Gasteiger partial charge in [-0.15, -0.1) is 0 Å². The average Bonchev–Trinajstić information content (AvgIpc) is 2.42. The van der Waals surface area contributed by atoms with Crippen molar-refractivity contribution in [3.8, 4) is 11.5 Å². The third-order valence-electron chi connectivity index (χ3n) is 3.58. The van der Waals surface area contributed by atoms with Crippen LogP contribution >= 0.6 is 11.6 Å². The Morgan fingerprint density at radius 3 is 2.19 bits per heavy atom. The molecule has 2 nitrogen and oxygen atoms in total. The van der Waals surface area contributed by atoms with Crippen LogP contribution in [-0.2, 0) is 0 Å². The van der Waals surface area contributed by atoms with Crippen LogP contribution in [0.1, 0.15) is 49.4 Å². The summed E-state index contributed by atoms with van der Waals surface area (Å²) in [6.45, 7) is 8.30. The van der Waals surface area contributed by atoms with Gasteiger partial charge in [-0.1, -0.05) is 43.6 Å². The van der Waals surface area contributed by atoms with Crippen LogP contribution in [0.5, 0.6) is 11.5 Å². The van der Waals surface area contributed by atoms with Gasteiger partial charge in [-0.25, -0.2) is 0 Å². The Kier molecular flexibility index (Phi) is 4.92. The van der Waals surface area contributed by atoms with Crippen molar-refractivity contribution in [1.82, 2.24) is 0 Å². The topological polar surface area (TPSA) is 35.2 Å². The predicted octanol–water partition coefficient (Wildman–Crippen LogP) is 5.58. The van der Waals surface area contributed by atoms with E-state index in [-0.39, 0.29) is 6.04 Å². The molecule has 0 aromatic heterocycles. The predicted molar refractivity (Wildman–Crippen MR) is 89.4 cm³/mol. The minimum atomic E-state index is -0.0393. The highest BCUT2D eigenvalue weighted by molar-refractivity contribution is 6.32. The second-order valence-corrected chi connectivity index (χ2v) is 6.17. The van der Waals surface area contributed by atoms with Crippen LogP contribution in [0.2, 0.25) is 5.02 Å². The molecule has 3 heteroatoms. The first-order valence-corrected chi connectivity index (χ1v) is 7.59. The van der Waals surface area contributed by atoms with Gasteiger partial charge >= 0.3 is 0 Å². The van der Waals surface area contributed by atoms with Gasteiger partial charge in [0.2, 0.25) is 0 Å². The highest BCUT2D eigenvalue weighted by Gasteiger charge is 2.10. The molecular formula is C18H22ClNO. The van der Waals surface area contributed by atoms with E-state index < -0.39 is 0 Å². The lowest BCUT2D eigenvalue weighted by molar-refractivity contribution is 0.477. The van der Waals surface area contributed by atoms with Crippen LogP contribution in [0.3, 0.4) is 0 Å². The van der Waals surface area contributed by atoms with Gasteiger partial charge in [0.05, 0.1) is 5.02 Å². The Morgan fingerprint density at radius 2 is 1.62 bits per heavy atom. The summed E-state index contributed by atoms with van der Waals surface area (Å²) in [5, 5.41) is 0.583. The van der Waals surface area contributed by atoms with E-state index in [1.54, 1.807) is 0 Å². The Hall–Kier alpha value is -1.51. The zero-order valence-electron chi connectivity index (χ0n) is 13.0. The van der Waals surface area contributed by atoms with E-state index in [1.165, 1.54) is 5.56 Å². The van der Waals surface area contributed by atoms with E-state index in [0.29, 0.717) is 16.7 Å². The van der Waals surface area contributed by atoms with Crippen LogP contribution in [0.25, 0.3) is 0 Å². The zero-order chi connectivity index (χ0) is 15.6. The Morgan fingerprint density at radius 1 is 0.952 bits per heavy atom. The number of halogens is 1. The van der Waals surface area contributed by atoms with Crippen LogP contribution in [0, 0.1) is 6.92 Å². The molecule has 0 unspecified atom stereocenters. The molecule has 1 atom stereocenters. The SMILES string of the molecule is Cc1ccc(C(C)C)cc1Oc1ccc([C@H](C)N)cc1Cl. The van der Waals surface area contributed by atoms with Crippen molar-refractivity contribution in [3.05, 3.63) is 58.1 Å². The summed E-state index contributed by atoms with van der Waals surface area (Å²) in [6.07, 6.45) is 0. The maximum Gasteiger partial charge on any atom is 0.146 e. The van der Waals surface area contributed by atoms with Gasteiger partial charge in [0.25, 0.3) is 0 Å². The number of hydrogen-bond donors (Lipinski definition) is 1. The van der Waals surface area contributed by atoms with Crippen LogP contribution in [0.4, 0.5) is 0 Å². The van der Waals surface area contributed by atoms with E-state index in [2.05, 4.69) is 32.0 Å². The minimum Gasteiger partial charge on any atom is -0.456 e. The van der Waals surface area contributed by atoms with Crippen molar-refractivity contribution in [2.75, 3.05) is 0 Å². The number of rotatable bonds is 4. The highest BCUT2D eigenvalue weighted by Crippen LogP contribution is 2.34. The molecule has 0 fully saturated rings. The number of ether oxygens (including phenoxy) is 1. The van der Waals surface area contributed by atoms with Crippen molar-refractivity contribution in [2.24, 2.45) is 5.73 Å². The minimum absolute atomic E-state index is 0.0393. The molecule has 0 aliphatic rings. The largest absolute Gasteiger partial charge is 0.456 e. The summed E-state index contributed by atoms with van der Waals surface area (Å²) in [6, 6.07) is 11.9.